The molecular weight excluding hydrogens is 456 g/mol. The molecule has 0 radical (unpaired) electrons. The number of hydrogen-bond donors (Lipinski definition) is 2. The van der Waals surface area contributed by atoms with Gasteiger partial charge < -0.3 is 10.1 Å². The van der Waals surface area contributed by atoms with Crippen LogP contribution < -0.4 is 10.6 Å². The molecule has 1 aromatic heterocycles. The van der Waals surface area contributed by atoms with Crippen LogP contribution in [0.5, 0.6) is 0 Å². The highest BCUT2D eigenvalue weighted by Gasteiger charge is 2.38. The summed E-state index contributed by atoms with van der Waals surface area (Å²) in [7, 11) is 0. The normalized spacial score (nSPS) is 17.1. The van der Waals surface area contributed by atoms with E-state index in [4.69, 9.17) is 4.74 Å². The number of anilines is 2. The van der Waals surface area contributed by atoms with Gasteiger partial charge in [0.05, 0.1) is 23.8 Å². The summed E-state index contributed by atoms with van der Waals surface area (Å²) in [5.74, 6) is -1.61. The number of amides is 4. The average Bonchev–Trinajstić information content (AvgIpc) is 3.59. The predicted octanol–water partition coefficient (Wildman–Crippen LogP) is 3.42. The van der Waals surface area contributed by atoms with Gasteiger partial charge in [0.25, 0.3) is 23.6 Å². The molecular formula is C24H20N4O5S. The Kier molecular flexibility index (Phi) is 5.91. The molecule has 0 spiro atoms. The van der Waals surface area contributed by atoms with Crippen LogP contribution in [0.1, 0.15) is 54.3 Å². The van der Waals surface area contributed by atoms with Crippen molar-refractivity contribution < 1.29 is 23.9 Å². The standard InChI is InChI=1S/C24H20N4O5S/c29-20(26-16-4-1-3-14(11-16)21(30)27-24-25-8-10-34-24)15-6-7-18-19(12-15)23(32)28(22(18)31)13-17-5-2-9-33-17/h1,3-4,6-8,10-12,17H,2,5,9,13H2,(H,26,29)(H,25,27,30). The number of carbonyl (C=O) groups is 4. The number of hydrogen-bond acceptors (Lipinski definition) is 7. The Hall–Kier alpha value is -3.89. The highest BCUT2D eigenvalue weighted by atomic mass is 32.1. The summed E-state index contributed by atoms with van der Waals surface area (Å²) in [4.78, 5) is 56.0. The number of nitrogens with one attached hydrogen (secondary N) is 2. The first kappa shape index (κ1) is 21.9. The van der Waals surface area contributed by atoms with Crippen molar-refractivity contribution in [3.8, 4) is 0 Å². The number of thiazole rings is 1. The predicted molar refractivity (Wildman–Crippen MR) is 125 cm³/mol. The maximum absolute atomic E-state index is 12.8. The summed E-state index contributed by atoms with van der Waals surface area (Å²) in [6, 6.07) is 10.9. The van der Waals surface area contributed by atoms with Crippen LogP contribution in [-0.2, 0) is 4.74 Å². The van der Waals surface area contributed by atoms with E-state index in [2.05, 4.69) is 15.6 Å². The second-order valence-corrected chi connectivity index (χ2v) is 8.84. The Balaban J connectivity index is 1.29. The molecule has 1 fully saturated rings. The third-order valence-electron chi connectivity index (χ3n) is 5.68. The number of fused-ring (bicyclic) bond motifs is 1. The van der Waals surface area contributed by atoms with Gasteiger partial charge in [0.1, 0.15) is 0 Å². The molecule has 0 aliphatic carbocycles. The lowest BCUT2D eigenvalue weighted by Crippen LogP contribution is -2.36. The van der Waals surface area contributed by atoms with Gasteiger partial charge in [-0.1, -0.05) is 6.07 Å². The van der Waals surface area contributed by atoms with Crippen LogP contribution in [0.25, 0.3) is 0 Å². The average molecular weight is 477 g/mol. The van der Waals surface area contributed by atoms with E-state index in [-0.39, 0.29) is 41.2 Å². The fourth-order valence-electron chi connectivity index (χ4n) is 3.99. The van der Waals surface area contributed by atoms with Crippen LogP contribution in [0.4, 0.5) is 10.8 Å². The van der Waals surface area contributed by atoms with Crippen molar-refractivity contribution in [3.63, 3.8) is 0 Å². The molecule has 9 nitrogen and oxygen atoms in total. The smallest absolute Gasteiger partial charge is 0.261 e. The second-order valence-electron chi connectivity index (χ2n) is 7.94. The minimum absolute atomic E-state index is 0.148. The van der Waals surface area contributed by atoms with Crippen LogP contribution in [0.2, 0.25) is 0 Å². The summed E-state index contributed by atoms with van der Waals surface area (Å²) in [5, 5.41) is 7.66. The molecule has 10 heteroatoms. The maximum Gasteiger partial charge on any atom is 0.261 e. The lowest BCUT2D eigenvalue weighted by molar-refractivity contribution is 0.0475. The molecule has 2 aromatic carbocycles. The van der Waals surface area contributed by atoms with Crippen LogP contribution in [-0.4, -0.2) is 52.8 Å². The highest BCUT2D eigenvalue weighted by Crippen LogP contribution is 2.26. The first-order valence-electron chi connectivity index (χ1n) is 10.7. The van der Waals surface area contributed by atoms with Gasteiger partial charge in [-0.2, -0.15) is 0 Å². The van der Waals surface area contributed by atoms with E-state index in [1.54, 1.807) is 35.8 Å². The fourth-order valence-corrected chi connectivity index (χ4v) is 4.51. The summed E-state index contributed by atoms with van der Waals surface area (Å²) < 4.78 is 5.55. The molecule has 0 saturated carbocycles. The van der Waals surface area contributed by atoms with Crippen LogP contribution in [0, 0.1) is 0 Å². The second kappa shape index (κ2) is 9.16. The SMILES string of the molecule is O=C(Nc1cccc(C(=O)Nc2nccs2)c1)c1ccc2c(c1)C(=O)N(CC1CCCO1)C2=O. The molecule has 0 bridgehead atoms. The third-order valence-corrected chi connectivity index (χ3v) is 6.37. The van der Waals surface area contributed by atoms with Gasteiger partial charge in [0, 0.05) is 35.0 Å². The van der Waals surface area contributed by atoms with Crippen molar-refractivity contribution in [2.75, 3.05) is 23.8 Å². The van der Waals surface area contributed by atoms with Crippen molar-refractivity contribution in [2.24, 2.45) is 0 Å². The van der Waals surface area contributed by atoms with E-state index >= 15 is 0 Å². The van der Waals surface area contributed by atoms with Gasteiger partial charge in [-0.15, -0.1) is 11.3 Å². The zero-order chi connectivity index (χ0) is 23.7. The molecule has 1 atom stereocenters. The van der Waals surface area contributed by atoms with Crippen LogP contribution in [0.3, 0.4) is 0 Å². The maximum atomic E-state index is 12.8. The number of aromatic nitrogens is 1. The summed E-state index contributed by atoms with van der Waals surface area (Å²) >= 11 is 1.30. The number of imide groups is 1. The minimum atomic E-state index is -0.460. The Morgan fingerprint density at radius 3 is 2.59 bits per heavy atom. The first-order valence-corrected chi connectivity index (χ1v) is 11.6. The molecule has 5 rings (SSSR count). The number of carbonyl (C=O) groups excluding carboxylic acids is 4. The van der Waals surface area contributed by atoms with E-state index in [0.29, 0.717) is 23.0 Å². The summed E-state index contributed by atoms with van der Waals surface area (Å²) in [6.07, 6.45) is 3.16. The van der Waals surface area contributed by atoms with E-state index in [1.807, 2.05) is 0 Å². The monoisotopic (exact) mass is 476 g/mol. The van der Waals surface area contributed by atoms with Crippen molar-refractivity contribution >= 4 is 45.8 Å². The fraction of sp³-hybridized carbons (Fsp3) is 0.208. The third kappa shape index (κ3) is 4.33. The topological polar surface area (TPSA) is 118 Å². The molecule has 3 aromatic rings. The Labute approximate surface area is 198 Å². The molecule has 2 aliphatic heterocycles. The van der Waals surface area contributed by atoms with Gasteiger partial charge in [0.2, 0.25) is 0 Å². The quantitative estimate of drug-likeness (QED) is 0.527. The molecule has 3 heterocycles. The van der Waals surface area contributed by atoms with Gasteiger partial charge in [0.15, 0.2) is 5.13 Å². The molecule has 4 amide bonds. The molecule has 2 aliphatic rings. The lowest BCUT2D eigenvalue weighted by atomic mass is 10.1. The largest absolute Gasteiger partial charge is 0.376 e. The number of nitrogens with zero attached hydrogens (tertiary/aromatic N) is 2. The lowest BCUT2D eigenvalue weighted by Gasteiger charge is -2.17. The van der Waals surface area contributed by atoms with Gasteiger partial charge >= 0.3 is 0 Å². The summed E-state index contributed by atoms with van der Waals surface area (Å²) in [6.45, 7) is 0.843. The molecule has 1 unspecified atom stereocenters. The Morgan fingerprint density at radius 1 is 1.03 bits per heavy atom. The van der Waals surface area contributed by atoms with Gasteiger partial charge in [-0.3, -0.25) is 29.4 Å². The zero-order valence-electron chi connectivity index (χ0n) is 17.9. The van der Waals surface area contributed by atoms with Crippen molar-refractivity contribution in [3.05, 3.63) is 76.3 Å². The van der Waals surface area contributed by atoms with Gasteiger partial charge in [-0.25, -0.2) is 4.98 Å². The molecule has 172 valence electrons. The van der Waals surface area contributed by atoms with Crippen LogP contribution >= 0.6 is 11.3 Å². The number of rotatable bonds is 6. The summed E-state index contributed by atoms with van der Waals surface area (Å²) in [5.41, 5.74) is 1.48. The minimum Gasteiger partial charge on any atom is -0.376 e. The molecule has 34 heavy (non-hydrogen) atoms. The van der Waals surface area contributed by atoms with E-state index in [9.17, 15) is 19.2 Å². The highest BCUT2D eigenvalue weighted by molar-refractivity contribution is 7.13. The zero-order valence-corrected chi connectivity index (χ0v) is 18.8. The Morgan fingerprint density at radius 2 is 1.82 bits per heavy atom. The number of ether oxygens (including phenoxy) is 1. The van der Waals surface area contributed by atoms with Crippen molar-refractivity contribution in [2.45, 2.75) is 18.9 Å². The van der Waals surface area contributed by atoms with Gasteiger partial charge in [-0.05, 0) is 49.2 Å². The van der Waals surface area contributed by atoms with E-state index in [1.165, 1.54) is 34.4 Å². The van der Waals surface area contributed by atoms with E-state index in [0.717, 1.165) is 12.8 Å². The Bertz CT molecular complexity index is 1280. The first-order chi connectivity index (χ1) is 16.5. The molecule has 1 saturated heterocycles. The van der Waals surface area contributed by atoms with Crippen molar-refractivity contribution in [1.82, 2.24) is 9.88 Å². The van der Waals surface area contributed by atoms with Crippen LogP contribution in [0.15, 0.2) is 54.0 Å². The number of benzene rings is 2. The van der Waals surface area contributed by atoms with E-state index < -0.39 is 11.8 Å². The molecule has 2 N–H and O–H groups in total. The van der Waals surface area contributed by atoms with Crippen molar-refractivity contribution in [1.29, 1.82) is 0 Å².